The highest BCUT2D eigenvalue weighted by Crippen LogP contribution is 2.22. The summed E-state index contributed by atoms with van der Waals surface area (Å²) in [5.41, 5.74) is 3.49. The van der Waals surface area contributed by atoms with E-state index < -0.39 is 0 Å². The molecule has 0 atom stereocenters. The van der Waals surface area contributed by atoms with E-state index in [1.807, 2.05) is 26.4 Å². The van der Waals surface area contributed by atoms with Gasteiger partial charge in [0.2, 0.25) is 5.88 Å². The second-order valence-corrected chi connectivity index (χ2v) is 5.04. The summed E-state index contributed by atoms with van der Waals surface area (Å²) in [6.07, 6.45) is 4.69. The van der Waals surface area contributed by atoms with E-state index in [0.29, 0.717) is 0 Å². The molecule has 5 nitrogen and oxygen atoms in total. The first-order chi connectivity index (χ1) is 9.61. The van der Waals surface area contributed by atoms with Crippen molar-refractivity contribution < 1.29 is 4.74 Å². The first-order valence-electron chi connectivity index (χ1n) is 6.75. The number of hydrogen-bond donors (Lipinski definition) is 0. The van der Waals surface area contributed by atoms with Crippen LogP contribution in [0.3, 0.4) is 0 Å². The van der Waals surface area contributed by atoms with Crippen molar-refractivity contribution >= 4 is 0 Å². The van der Waals surface area contributed by atoms with Crippen molar-refractivity contribution in [3.63, 3.8) is 0 Å². The predicted molar refractivity (Wildman–Crippen MR) is 78.8 cm³/mol. The summed E-state index contributed by atoms with van der Waals surface area (Å²) in [4.78, 5) is 6.32. The minimum Gasteiger partial charge on any atom is -0.481 e. The monoisotopic (exact) mass is 274 g/mol. The lowest BCUT2D eigenvalue weighted by Gasteiger charge is -2.17. The van der Waals surface area contributed by atoms with Crippen LogP contribution >= 0.6 is 0 Å². The molecule has 0 aliphatic rings. The average molecular weight is 274 g/mol. The molecule has 2 heterocycles. The topological polar surface area (TPSA) is 43.2 Å². The third-order valence-corrected chi connectivity index (χ3v) is 3.44. The van der Waals surface area contributed by atoms with Gasteiger partial charge in [0.15, 0.2) is 0 Å². The zero-order valence-corrected chi connectivity index (χ0v) is 12.6. The van der Waals surface area contributed by atoms with Crippen LogP contribution in [0.2, 0.25) is 0 Å². The number of rotatable bonds is 6. The van der Waals surface area contributed by atoms with Gasteiger partial charge in [-0.3, -0.25) is 4.98 Å². The fourth-order valence-electron chi connectivity index (χ4n) is 2.34. The lowest BCUT2D eigenvalue weighted by Crippen LogP contribution is -2.21. The Morgan fingerprint density at radius 1 is 1.30 bits per heavy atom. The summed E-state index contributed by atoms with van der Waals surface area (Å²) in [7, 11) is 5.72. The normalized spacial score (nSPS) is 11.1. The maximum atomic E-state index is 5.43. The Hall–Kier alpha value is -1.88. The summed E-state index contributed by atoms with van der Waals surface area (Å²) in [5.74, 6) is 0.846. The van der Waals surface area contributed by atoms with Crippen LogP contribution in [0.5, 0.6) is 5.88 Å². The predicted octanol–water partition coefficient (Wildman–Crippen LogP) is 1.81. The van der Waals surface area contributed by atoms with Gasteiger partial charge in [0.1, 0.15) is 0 Å². The SMILES string of the molecule is COc1c(CN(C)CCc2ccncc2)c(C)nn1C. The molecule has 2 aromatic heterocycles. The van der Waals surface area contributed by atoms with Crippen LogP contribution in [0.1, 0.15) is 16.8 Å². The van der Waals surface area contributed by atoms with Crippen molar-refractivity contribution in [2.24, 2.45) is 7.05 Å². The van der Waals surface area contributed by atoms with Crippen molar-refractivity contribution in [2.45, 2.75) is 19.9 Å². The van der Waals surface area contributed by atoms with E-state index >= 15 is 0 Å². The van der Waals surface area contributed by atoms with Gasteiger partial charge in [-0.2, -0.15) is 5.10 Å². The Labute approximate surface area is 120 Å². The first-order valence-corrected chi connectivity index (χ1v) is 6.75. The van der Waals surface area contributed by atoms with Crippen LogP contribution in [0.4, 0.5) is 0 Å². The maximum Gasteiger partial charge on any atom is 0.216 e. The van der Waals surface area contributed by atoms with E-state index in [-0.39, 0.29) is 0 Å². The Balaban J connectivity index is 1.96. The summed E-state index contributed by atoms with van der Waals surface area (Å²) < 4.78 is 7.22. The average Bonchev–Trinajstić information content (AvgIpc) is 2.71. The number of aromatic nitrogens is 3. The van der Waals surface area contributed by atoms with Crippen molar-refractivity contribution in [3.05, 3.63) is 41.3 Å². The van der Waals surface area contributed by atoms with E-state index in [1.54, 1.807) is 11.8 Å². The number of ether oxygens (including phenoxy) is 1. The summed E-state index contributed by atoms with van der Waals surface area (Å²) in [6.45, 7) is 3.85. The standard InChI is InChI=1S/C15H22N4O/c1-12-14(15(20-4)19(3)17-12)11-18(2)10-7-13-5-8-16-9-6-13/h5-6,8-9H,7,10-11H2,1-4H3. The van der Waals surface area contributed by atoms with Crippen LogP contribution in [0.25, 0.3) is 0 Å². The highest BCUT2D eigenvalue weighted by molar-refractivity contribution is 5.30. The molecule has 0 N–H and O–H groups in total. The van der Waals surface area contributed by atoms with Gasteiger partial charge in [0.25, 0.3) is 0 Å². The Kier molecular flexibility index (Phi) is 4.74. The molecule has 0 unspecified atom stereocenters. The molecule has 0 saturated carbocycles. The smallest absolute Gasteiger partial charge is 0.216 e. The van der Waals surface area contributed by atoms with Crippen molar-refractivity contribution in [2.75, 3.05) is 20.7 Å². The summed E-state index contributed by atoms with van der Waals surface area (Å²) in [6, 6.07) is 4.12. The molecule has 20 heavy (non-hydrogen) atoms. The lowest BCUT2D eigenvalue weighted by atomic mass is 10.2. The van der Waals surface area contributed by atoms with Crippen molar-refractivity contribution in [1.29, 1.82) is 0 Å². The largest absolute Gasteiger partial charge is 0.481 e. The van der Waals surface area contributed by atoms with Crippen molar-refractivity contribution in [1.82, 2.24) is 19.7 Å². The zero-order chi connectivity index (χ0) is 14.5. The van der Waals surface area contributed by atoms with E-state index in [4.69, 9.17) is 4.74 Å². The Bertz CT molecular complexity index is 551. The number of likely N-dealkylation sites (N-methyl/N-ethyl adjacent to an activating group) is 1. The highest BCUT2D eigenvalue weighted by atomic mass is 16.5. The fraction of sp³-hybridized carbons (Fsp3) is 0.467. The minimum absolute atomic E-state index is 0.841. The van der Waals surface area contributed by atoms with Gasteiger partial charge in [0.05, 0.1) is 18.4 Å². The third kappa shape index (κ3) is 3.36. The van der Waals surface area contributed by atoms with E-state index in [0.717, 1.165) is 36.6 Å². The summed E-state index contributed by atoms with van der Waals surface area (Å²) in [5, 5.41) is 4.41. The fourth-order valence-corrected chi connectivity index (χ4v) is 2.34. The molecule has 0 aromatic carbocycles. The number of pyridine rings is 1. The maximum absolute atomic E-state index is 5.43. The molecular weight excluding hydrogens is 252 g/mol. The summed E-state index contributed by atoms with van der Waals surface area (Å²) >= 11 is 0. The Morgan fingerprint density at radius 3 is 2.65 bits per heavy atom. The molecule has 0 aliphatic heterocycles. The molecule has 0 fully saturated rings. The molecule has 5 heteroatoms. The van der Waals surface area contributed by atoms with Gasteiger partial charge in [0, 0.05) is 32.5 Å². The van der Waals surface area contributed by atoms with Gasteiger partial charge in [-0.15, -0.1) is 0 Å². The van der Waals surface area contributed by atoms with Gasteiger partial charge >= 0.3 is 0 Å². The van der Waals surface area contributed by atoms with Gasteiger partial charge in [-0.05, 0) is 38.1 Å². The second-order valence-electron chi connectivity index (χ2n) is 5.04. The molecular formula is C15H22N4O. The molecule has 0 bridgehead atoms. The van der Waals surface area contributed by atoms with Gasteiger partial charge < -0.3 is 9.64 Å². The number of aryl methyl sites for hydroxylation is 2. The second kappa shape index (κ2) is 6.52. The van der Waals surface area contributed by atoms with E-state index in [1.165, 1.54) is 5.56 Å². The molecule has 108 valence electrons. The number of nitrogens with zero attached hydrogens (tertiary/aromatic N) is 4. The van der Waals surface area contributed by atoms with Crippen LogP contribution < -0.4 is 4.74 Å². The van der Waals surface area contributed by atoms with E-state index in [2.05, 4.69) is 34.2 Å². The molecule has 2 rings (SSSR count). The number of methoxy groups -OCH3 is 1. The van der Waals surface area contributed by atoms with Crippen LogP contribution in [-0.4, -0.2) is 40.4 Å². The van der Waals surface area contributed by atoms with Crippen LogP contribution in [0.15, 0.2) is 24.5 Å². The van der Waals surface area contributed by atoms with Crippen LogP contribution in [-0.2, 0) is 20.0 Å². The van der Waals surface area contributed by atoms with E-state index in [9.17, 15) is 0 Å². The Morgan fingerprint density at radius 2 is 2.00 bits per heavy atom. The zero-order valence-electron chi connectivity index (χ0n) is 12.6. The molecule has 0 saturated heterocycles. The third-order valence-electron chi connectivity index (χ3n) is 3.44. The quantitative estimate of drug-likeness (QED) is 0.805. The molecule has 0 amide bonds. The first kappa shape index (κ1) is 14.5. The number of hydrogen-bond acceptors (Lipinski definition) is 4. The van der Waals surface area contributed by atoms with Crippen molar-refractivity contribution in [3.8, 4) is 5.88 Å². The highest BCUT2D eigenvalue weighted by Gasteiger charge is 2.15. The lowest BCUT2D eigenvalue weighted by molar-refractivity contribution is 0.315. The minimum atomic E-state index is 0.841. The molecule has 2 aromatic rings. The van der Waals surface area contributed by atoms with Crippen LogP contribution in [0, 0.1) is 6.92 Å². The molecule has 0 spiro atoms. The van der Waals surface area contributed by atoms with Gasteiger partial charge in [-0.25, -0.2) is 4.68 Å². The van der Waals surface area contributed by atoms with Gasteiger partial charge in [-0.1, -0.05) is 0 Å². The molecule has 0 aliphatic carbocycles. The molecule has 0 radical (unpaired) electrons.